The zero-order valence-electron chi connectivity index (χ0n) is 11.5. The molecule has 0 fully saturated rings. The minimum absolute atomic E-state index is 0.0518. The third-order valence-corrected chi connectivity index (χ3v) is 3.01. The molecular formula is C15H20FNO2. The summed E-state index contributed by atoms with van der Waals surface area (Å²) in [6.45, 7) is 2.75. The summed E-state index contributed by atoms with van der Waals surface area (Å²) in [5.74, 6) is -0.923. The third kappa shape index (κ3) is 4.81. The quantitative estimate of drug-likeness (QED) is 0.711. The molecule has 104 valence electrons. The van der Waals surface area contributed by atoms with E-state index in [0.717, 1.165) is 12.8 Å². The number of Topliss-reactive ketones (excluding diaryl/α,β-unsaturated/α-hetero) is 1. The molecule has 19 heavy (non-hydrogen) atoms. The Balaban J connectivity index is 2.46. The molecular weight excluding hydrogens is 245 g/mol. The molecule has 4 heteroatoms. The van der Waals surface area contributed by atoms with Gasteiger partial charge in [0.25, 0.3) is 0 Å². The van der Waals surface area contributed by atoms with Crippen LogP contribution in [0.2, 0.25) is 0 Å². The molecule has 0 saturated carbocycles. The molecule has 3 nitrogen and oxygen atoms in total. The van der Waals surface area contributed by atoms with E-state index in [1.54, 1.807) is 18.0 Å². The van der Waals surface area contributed by atoms with Gasteiger partial charge < -0.3 is 4.90 Å². The molecule has 0 unspecified atom stereocenters. The van der Waals surface area contributed by atoms with Crippen LogP contribution >= 0.6 is 0 Å². The van der Waals surface area contributed by atoms with E-state index < -0.39 is 5.82 Å². The second-order valence-electron chi connectivity index (χ2n) is 4.57. The molecule has 0 atom stereocenters. The fraction of sp³-hybridized carbons (Fsp3) is 0.467. The highest BCUT2D eigenvalue weighted by atomic mass is 19.1. The highest BCUT2D eigenvalue weighted by Gasteiger charge is 2.14. The number of rotatable bonds is 7. The fourth-order valence-electron chi connectivity index (χ4n) is 1.75. The zero-order valence-corrected chi connectivity index (χ0v) is 11.5. The number of halogens is 1. The molecule has 0 saturated heterocycles. The Bertz CT molecular complexity index is 446. The molecule has 0 aliphatic carbocycles. The van der Waals surface area contributed by atoms with Gasteiger partial charge in [-0.2, -0.15) is 0 Å². The van der Waals surface area contributed by atoms with Gasteiger partial charge >= 0.3 is 0 Å². The van der Waals surface area contributed by atoms with E-state index in [2.05, 4.69) is 6.92 Å². The molecule has 0 aromatic heterocycles. The maximum Gasteiger partial charge on any atom is 0.222 e. The van der Waals surface area contributed by atoms with Crippen LogP contribution in [0.25, 0.3) is 0 Å². The van der Waals surface area contributed by atoms with Gasteiger partial charge in [0.15, 0.2) is 5.78 Å². The van der Waals surface area contributed by atoms with Crippen LogP contribution in [0.5, 0.6) is 0 Å². The lowest BCUT2D eigenvalue weighted by atomic mass is 10.1. The first kappa shape index (κ1) is 15.3. The van der Waals surface area contributed by atoms with Crippen LogP contribution in [0.3, 0.4) is 0 Å². The van der Waals surface area contributed by atoms with Crippen LogP contribution in [0, 0.1) is 5.82 Å². The maximum atomic E-state index is 13.4. The van der Waals surface area contributed by atoms with Gasteiger partial charge in [-0.05, 0) is 18.6 Å². The number of hydrogen-bond donors (Lipinski definition) is 0. The molecule has 0 radical (unpaired) electrons. The van der Waals surface area contributed by atoms with Crippen molar-refractivity contribution in [3.05, 3.63) is 35.6 Å². The summed E-state index contributed by atoms with van der Waals surface area (Å²) in [5, 5.41) is 0. The highest BCUT2D eigenvalue weighted by Crippen LogP contribution is 2.11. The molecule has 0 aliphatic heterocycles. The first-order valence-electron chi connectivity index (χ1n) is 6.58. The Morgan fingerprint density at radius 1 is 1.21 bits per heavy atom. The van der Waals surface area contributed by atoms with E-state index in [1.807, 2.05) is 0 Å². The number of nitrogens with zero attached hydrogens (tertiary/aromatic N) is 1. The Kier molecular flexibility index (Phi) is 6.19. The van der Waals surface area contributed by atoms with Crippen molar-refractivity contribution in [3.8, 4) is 0 Å². The first-order chi connectivity index (χ1) is 9.06. The lowest BCUT2D eigenvalue weighted by Gasteiger charge is -2.16. The zero-order chi connectivity index (χ0) is 14.3. The normalized spacial score (nSPS) is 10.3. The Hall–Kier alpha value is -1.71. The van der Waals surface area contributed by atoms with Gasteiger partial charge in [0.1, 0.15) is 5.82 Å². The molecule has 1 amide bonds. The predicted molar refractivity (Wildman–Crippen MR) is 72.5 cm³/mol. The van der Waals surface area contributed by atoms with Gasteiger partial charge in [0.2, 0.25) is 5.91 Å². The van der Waals surface area contributed by atoms with Crippen LogP contribution in [-0.2, 0) is 4.79 Å². The second-order valence-corrected chi connectivity index (χ2v) is 4.57. The SMILES string of the molecule is CCCCN(C)C(=O)CCC(=O)c1ccccc1F. The standard InChI is InChI=1S/C15H20FNO2/c1-3-4-11-17(2)15(19)10-9-14(18)12-7-5-6-8-13(12)16/h5-8H,3-4,9-11H2,1-2H3. The lowest BCUT2D eigenvalue weighted by molar-refractivity contribution is -0.129. The first-order valence-corrected chi connectivity index (χ1v) is 6.58. The highest BCUT2D eigenvalue weighted by molar-refractivity contribution is 5.98. The Morgan fingerprint density at radius 2 is 1.89 bits per heavy atom. The number of hydrogen-bond acceptors (Lipinski definition) is 2. The fourth-order valence-corrected chi connectivity index (χ4v) is 1.75. The summed E-state index contributed by atoms with van der Waals surface area (Å²) >= 11 is 0. The van der Waals surface area contributed by atoms with Crippen LogP contribution in [0.15, 0.2) is 24.3 Å². The van der Waals surface area contributed by atoms with E-state index >= 15 is 0 Å². The molecule has 0 spiro atoms. The summed E-state index contributed by atoms with van der Waals surface area (Å²) in [5.41, 5.74) is 0.0616. The number of benzene rings is 1. The van der Waals surface area contributed by atoms with Crippen LogP contribution in [0.4, 0.5) is 4.39 Å². The van der Waals surface area contributed by atoms with Gasteiger partial charge in [-0.3, -0.25) is 9.59 Å². The molecule has 0 heterocycles. The van der Waals surface area contributed by atoms with Crippen molar-refractivity contribution < 1.29 is 14.0 Å². The number of amides is 1. The summed E-state index contributed by atoms with van der Waals surface area (Å²) in [6, 6.07) is 5.85. The van der Waals surface area contributed by atoms with Crippen molar-refractivity contribution in [1.29, 1.82) is 0 Å². The van der Waals surface area contributed by atoms with Crippen LogP contribution < -0.4 is 0 Å². The topological polar surface area (TPSA) is 37.4 Å². The van der Waals surface area contributed by atoms with Gasteiger partial charge in [0.05, 0.1) is 5.56 Å². The lowest BCUT2D eigenvalue weighted by Crippen LogP contribution is -2.28. The van der Waals surface area contributed by atoms with Crippen molar-refractivity contribution >= 4 is 11.7 Å². The van der Waals surface area contributed by atoms with Gasteiger partial charge in [-0.25, -0.2) is 4.39 Å². The molecule has 0 bridgehead atoms. The third-order valence-electron chi connectivity index (χ3n) is 3.01. The predicted octanol–water partition coefficient (Wildman–Crippen LogP) is 3.05. The number of carbonyl (C=O) groups is 2. The van der Waals surface area contributed by atoms with Crippen molar-refractivity contribution in [2.24, 2.45) is 0 Å². The van der Waals surface area contributed by atoms with E-state index in [0.29, 0.717) is 6.54 Å². The van der Waals surface area contributed by atoms with E-state index in [1.165, 1.54) is 18.2 Å². The van der Waals surface area contributed by atoms with E-state index in [4.69, 9.17) is 0 Å². The smallest absolute Gasteiger partial charge is 0.222 e. The summed E-state index contributed by atoms with van der Waals surface area (Å²) in [4.78, 5) is 25.2. The molecule has 1 rings (SSSR count). The molecule has 0 N–H and O–H groups in total. The van der Waals surface area contributed by atoms with Crippen molar-refractivity contribution in [2.45, 2.75) is 32.6 Å². The minimum atomic E-state index is -0.528. The van der Waals surface area contributed by atoms with Crippen molar-refractivity contribution in [3.63, 3.8) is 0 Å². The average molecular weight is 265 g/mol. The average Bonchev–Trinajstić information content (AvgIpc) is 2.42. The van der Waals surface area contributed by atoms with Crippen molar-refractivity contribution in [1.82, 2.24) is 4.90 Å². The largest absolute Gasteiger partial charge is 0.346 e. The molecule has 1 aromatic carbocycles. The number of carbonyl (C=O) groups excluding carboxylic acids is 2. The number of unbranched alkanes of at least 4 members (excludes halogenated alkanes) is 1. The summed E-state index contributed by atoms with van der Waals surface area (Å²) in [6.07, 6.45) is 2.15. The van der Waals surface area contributed by atoms with Gasteiger partial charge in [-0.15, -0.1) is 0 Å². The summed E-state index contributed by atoms with van der Waals surface area (Å²) in [7, 11) is 1.73. The number of ketones is 1. The van der Waals surface area contributed by atoms with Crippen LogP contribution in [0.1, 0.15) is 43.0 Å². The minimum Gasteiger partial charge on any atom is -0.346 e. The van der Waals surface area contributed by atoms with E-state index in [9.17, 15) is 14.0 Å². The van der Waals surface area contributed by atoms with Gasteiger partial charge in [-0.1, -0.05) is 25.5 Å². The van der Waals surface area contributed by atoms with Crippen LogP contribution in [-0.4, -0.2) is 30.2 Å². The van der Waals surface area contributed by atoms with E-state index in [-0.39, 0.29) is 30.1 Å². The second kappa shape index (κ2) is 7.67. The van der Waals surface area contributed by atoms with Gasteiger partial charge in [0, 0.05) is 26.4 Å². The monoisotopic (exact) mass is 265 g/mol. The maximum absolute atomic E-state index is 13.4. The molecule has 1 aromatic rings. The summed E-state index contributed by atoms with van der Waals surface area (Å²) < 4.78 is 13.4. The van der Waals surface area contributed by atoms with Crippen molar-refractivity contribution in [2.75, 3.05) is 13.6 Å². The Labute approximate surface area is 113 Å². The molecule has 0 aliphatic rings. The Morgan fingerprint density at radius 3 is 2.53 bits per heavy atom.